The number of hydrogen-bond donors (Lipinski definition) is 3. The monoisotopic (exact) mass is 445 g/mol. The van der Waals surface area contributed by atoms with Crippen molar-refractivity contribution in [3.63, 3.8) is 0 Å². The predicted octanol–water partition coefficient (Wildman–Crippen LogP) is 1.68. The summed E-state index contributed by atoms with van der Waals surface area (Å²) in [5, 5.41) is 4.55. The third kappa shape index (κ3) is 7.71. The summed E-state index contributed by atoms with van der Waals surface area (Å²) in [4.78, 5) is 35.7. The maximum Gasteiger partial charge on any atom is 0.325 e. The van der Waals surface area contributed by atoms with Crippen molar-refractivity contribution in [2.75, 3.05) is 0 Å². The van der Waals surface area contributed by atoms with Gasteiger partial charge in [-0.1, -0.05) is 26.0 Å². The fourth-order valence-corrected chi connectivity index (χ4v) is 3.65. The zero-order chi connectivity index (χ0) is 23.3. The van der Waals surface area contributed by atoms with Crippen molar-refractivity contribution < 1.29 is 31.9 Å². The minimum absolute atomic E-state index is 0.571. The zero-order valence-electron chi connectivity index (χ0n) is 17.8. The molecule has 1 unspecified atom stereocenters. The van der Waals surface area contributed by atoms with Crippen LogP contribution in [0, 0.1) is 11.7 Å². The lowest BCUT2D eigenvalue weighted by atomic mass is 10.1. The van der Waals surface area contributed by atoms with Gasteiger partial charge < -0.3 is 10.1 Å². The van der Waals surface area contributed by atoms with Crippen LogP contribution in [0.1, 0.15) is 41.5 Å². The van der Waals surface area contributed by atoms with Gasteiger partial charge in [0.25, 0.3) is 5.91 Å². The second-order valence-corrected chi connectivity index (χ2v) is 9.73. The minimum Gasteiger partial charge on any atom is -0.451 e. The first-order valence-electron chi connectivity index (χ1n) is 9.24. The van der Waals surface area contributed by atoms with E-state index in [1.807, 2.05) is 5.32 Å². The smallest absolute Gasteiger partial charge is 0.325 e. The van der Waals surface area contributed by atoms with Crippen LogP contribution in [0.5, 0.6) is 0 Å². The minimum atomic E-state index is -4.37. The number of nitrogens with one attached hydrogen (secondary N) is 3. The van der Waals surface area contributed by atoms with E-state index in [9.17, 15) is 27.2 Å². The van der Waals surface area contributed by atoms with E-state index in [4.69, 9.17) is 4.74 Å². The lowest BCUT2D eigenvalue weighted by molar-refractivity contribution is -0.157. The average molecular weight is 446 g/mol. The lowest BCUT2D eigenvalue weighted by Gasteiger charge is -2.23. The molecular formula is C19H28FN3O6S. The molecule has 0 fully saturated rings. The van der Waals surface area contributed by atoms with Gasteiger partial charge in [0.05, 0.1) is 0 Å². The van der Waals surface area contributed by atoms with Crippen LogP contribution in [0.3, 0.4) is 0 Å². The van der Waals surface area contributed by atoms with Crippen LogP contribution in [-0.2, 0) is 24.3 Å². The van der Waals surface area contributed by atoms with Gasteiger partial charge in [-0.05, 0) is 45.7 Å². The van der Waals surface area contributed by atoms with E-state index in [1.54, 1.807) is 34.6 Å². The Kier molecular flexibility index (Phi) is 8.49. The molecule has 0 radical (unpaired) electrons. The summed E-state index contributed by atoms with van der Waals surface area (Å²) < 4.78 is 46.0. The third-order valence-electron chi connectivity index (χ3n) is 3.72. The highest BCUT2D eigenvalue weighted by Crippen LogP contribution is 2.16. The van der Waals surface area contributed by atoms with Crippen LogP contribution >= 0.6 is 0 Å². The largest absolute Gasteiger partial charge is 0.451 e. The fourth-order valence-electron chi connectivity index (χ4n) is 2.24. The van der Waals surface area contributed by atoms with Crippen LogP contribution in [0.4, 0.5) is 9.18 Å². The van der Waals surface area contributed by atoms with Crippen LogP contribution in [-0.4, -0.2) is 44.0 Å². The number of amides is 3. The predicted molar refractivity (Wildman–Crippen MR) is 107 cm³/mol. The average Bonchev–Trinajstić information content (AvgIpc) is 2.57. The summed E-state index contributed by atoms with van der Waals surface area (Å²) in [5.74, 6) is -3.47. The van der Waals surface area contributed by atoms with Gasteiger partial charge in [0.1, 0.15) is 16.8 Å². The number of carbonyl (C=O) groups is 3. The standard InChI is InChI=1S/C19H28FN3O6S/c1-11(2)15(23-30(27,28)14-10-8-7-9-13(14)20)17(25)29-12(3)16(24)21-18(26)22-19(4,5)6/h7-12,15,23H,1-6H3,(H2,21,22,24,26)/t12?,15-/m0/s1. The van der Waals surface area contributed by atoms with Crippen LogP contribution in [0.15, 0.2) is 29.2 Å². The van der Waals surface area contributed by atoms with Gasteiger partial charge in [-0.2, -0.15) is 4.72 Å². The number of sulfonamides is 1. The molecule has 3 N–H and O–H groups in total. The number of esters is 1. The van der Waals surface area contributed by atoms with Crippen molar-refractivity contribution in [3.05, 3.63) is 30.1 Å². The molecule has 11 heteroatoms. The van der Waals surface area contributed by atoms with E-state index in [0.29, 0.717) is 0 Å². The molecule has 1 aromatic carbocycles. The van der Waals surface area contributed by atoms with Crippen molar-refractivity contribution in [1.29, 1.82) is 0 Å². The van der Waals surface area contributed by atoms with E-state index in [-0.39, 0.29) is 0 Å². The van der Waals surface area contributed by atoms with Crippen LogP contribution < -0.4 is 15.4 Å². The quantitative estimate of drug-likeness (QED) is 0.548. The molecule has 168 valence electrons. The van der Waals surface area contributed by atoms with Gasteiger partial charge in [0.15, 0.2) is 6.10 Å². The van der Waals surface area contributed by atoms with Crippen molar-refractivity contribution in [1.82, 2.24) is 15.4 Å². The summed E-state index contributed by atoms with van der Waals surface area (Å²) in [6, 6.07) is 2.56. The Balaban J connectivity index is 2.86. The summed E-state index contributed by atoms with van der Waals surface area (Å²) in [5.41, 5.74) is -0.585. The summed E-state index contributed by atoms with van der Waals surface area (Å²) in [7, 11) is -4.37. The molecule has 0 bridgehead atoms. The molecule has 0 spiro atoms. The molecule has 1 aromatic rings. The van der Waals surface area contributed by atoms with E-state index in [1.165, 1.54) is 19.1 Å². The maximum atomic E-state index is 13.9. The highest BCUT2D eigenvalue weighted by Gasteiger charge is 2.33. The fraction of sp³-hybridized carbons (Fsp3) is 0.526. The molecule has 30 heavy (non-hydrogen) atoms. The number of benzene rings is 1. The Morgan fingerprint density at radius 2 is 1.63 bits per heavy atom. The second-order valence-electron chi connectivity index (χ2n) is 8.05. The van der Waals surface area contributed by atoms with E-state index < -0.39 is 62.2 Å². The SMILES string of the molecule is CC(OC(=O)[C@@H](NS(=O)(=O)c1ccccc1F)C(C)C)C(=O)NC(=O)NC(C)(C)C. The molecule has 0 saturated heterocycles. The molecule has 1 rings (SSSR count). The molecule has 2 atom stereocenters. The number of hydrogen-bond acceptors (Lipinski definition) is 6. The molecule has 3 amide bonds. The Labute approximate surface area is 175 Å². The Morgan fingerprint density at radius 1 is 1.07 bits per heavy atom. The van der Waals surface area contributed by atoms with Gasteiger partial charge in [0.2, 0.25) is 10.0 Å². The van der Waals surface area contributed by atoms with Crippen molar-refractivity contribution in [2.45, 2.75) is 64.1 Å². The lowest BCUT2D eigenvalue weighted by Crippen LogP contribution is -2.52. The van der Waals surface area contributed by atoms with Gasteiger partial charge in [-0.3, -0.25) is 14.9 Å². The molecule has 0 aliphatic carbocycles. The molecule has 0 aliphatic heterocycles. The molecule has 0 heterocycles. The summed E-state index contributed by atoms with van der Waals surface area (Å²) >= 11 is 0. The molecular weight excluding hydrogens is 417 g/mol. The number of carbonyl (C=O) groups excluding carboxylic acids is 3. The number of halogens is 1. The highest BCUT2D eigenvalue weighted by atomic mass is 32.2. The van der Waals surface area contributed by atoms with Gasteiger partial charge in [0, 0.05) is 5.54 Å². The van der Waals surface area contributed by atoms with Crippen molar-refractivity contribution in [2.24, 2.45) is 5.92 Å². The Hall–Kier alpha value is -2.53. The first kappa shape index (κ1) is 25.5. The van der Waals surface area contributed by atoms with Gasteiger partial charge >= 0.3 is 12.0 Å². The van der Waals surface area contributed by atoms with Gasteiger partial charge in [-0.25, -0.2) is 17.6 Å². The van der Waals surface area contributed by atoms with E-state index in [2.05, 4.69) is 10.0 Å². The van der Waals surface area contributed by atoms with E-state index in [0.717, 1.165) is 12.1 Å². The molecule has 0 aliphatic rings. The number of rotatable bonds is 7. The first-order valence-corrected chi connectivity index (χ1v) is 10.7. The third-order valence-corrected chi connectivity index (χ3v) is 5.19. The number of imide groups is 1. The van der Waals surface area contributed by atoms with E-state index >= 15 is 0 Å². The van der Waals surface area contributed by atoms with Crippen molar-refractivity contribution >= 4 is 27.9 Å². The second kappa shape index (κ2) is 9.98. The Morgan fingerprint density at radius 3 is 2.13 bits per heavy atom. The van der Waals surface area contributed by atoms with Crippen LogP contribution in [0.2, 0.25) is 0 Å². The zero-order valence-corrected chi connectivity index (χ0v) is 18.6. The van der Waals surface area contributed by atoms with Crippen molar-refractivity contribution in [3.8, 4) is 0 Å². The number of ether oxygens (including phenoxy) is 1. The number of urea groups is 1. The normalized spacial score (nSPS) is 14.0. The highest BCUT2D eigenvalue weighted by molar-refractivity contribution is 7.89. The maximum absolute atomic E-state index is 13.9. The topological polar surface area (TPSA) is 131 Å². The molecule has 9 nitrogen and oxygen atoms in total. The molecule has 0 saturated carbocycles. The summed E-state index contributed by atoms with van der Waals surface area (Å²) in [6.45, 7) is 9.50. The molecule has 0 aromatic heterocycles. The summed E-state index contributed by atoms with van der Waals surface area (Å²) in [6.07, 6.45) is -1.37. The van der Waals surface area contributed by atoms with Crippen LogP contribution in [0.25, 0.3) is 0 Å². The van der Waals surface area contributed by atoms with Gasteiger partial charge in [-0.15, -0.1) is 0 Å². The Bertz CT molecular complexity index is 896. The first-order chi connectivity index (χ1) is 13.6.